The molecule has 6 heterocycles. The molecule has 600 valence electrons. The third-order valence-electron chi connectivity index (χ3n) is 21.0. The van der Waals surface area contributed by atoms with Crippen LogP contribution in [0.1, 0.15) is 144 Å². The number of alkyl carbamates (subject to hydrolysis) is 1. The number of nitrogens with one attached hydrogen (secondary N) is 5. The van der Waals surface area contributed by atoms with Crippen LogP contribution in [0.15, 0.2) is 109 Å². The molecule has 4 aromatic heterocycles. The Morgan fingerprint density at radius 2 is 0.946 bits per heavy atom. The van der Waals surface area contributed by atoms with Crippen LogP contribution < -0.4 is 40.6 Å². The quantitative estimate of drug-likeness (QED) is 0.0256. The Balaban J connectivity index is 0.000000210. The summed E-state index contributed by atoms with van der Waals surface area (Å²) in [5.41, 5.74) is 4.94. The first kappa shape index (κ1) is 85.3. The van der Waals surface area contributed by atoms with Gasteiger partial charge in [-0.25, -0.2) is 46.4 Å². The fourth-order valence-corrected chi connectivity index (χ4v) is 18.5. The summed E-state index contributed by atoms with van der Waals surface area (Å²) in [6.45, 7) is 18.5. The van der Waals surface area contributed by atoms with Crippen molar-refractivity contribution in [2.24, 2.45) is 28.4 Å². The van der Waals surface area contributed by atoms with E-state index in [1.165, 1.54) is 44.6 Å². The average Bonchev–Trinajstić information content (AvgIpc) is 1.57. The molecule has 2 aliphatic heterocycles. The highest BCUT2D eigenvalue weighted by atomic mass is 35.5. The molecule has 35 heteroatoms. The number of rotatable bonds is 23. The van der Waals surface area contributed by atoms with Gasteiger partial charge in [-0.3, -0.25) is 38.2 Å². The van der Waals surface area contributed by atoms with Gasteiger partial charge in [-0.2, -0.15) is 0 Å². The summed E-state index contributed by atoms with van der Waals surface area (Å²) in [5, 5.41) is 11.0. The lowest BCUT2D eigenvalue weighted by atomic mass is 9.85. The number of nitrogens with zero attached hydrogens (tertiary/aromatic N) is 6. The van der Waals surface area contributed by atoms with Crippen molar-refractivity contribution in [2.45, 2.75) is 214 Å². The number of para-hydroxylation sites is 4. The lowest BCUT2D eigenvalue weighted by Gasteiger charge is -2.35. The molecule has 10 atom stereocenters. The minimum absolute atomic E-state index is 0. The second-order valence-electron chi connectivity index (χ2n) is 31.4. The monoisotopic (exact) mass is 1660 g/mol. The van der Waals surface area contributed by atoms with Crippen LogP contribution in [0.4, 0.5) is 9.59 Å². The van der Waals surface area contributed by atoms with Crippen molar-refractivity contribution >= 4 is 148 Å². The molecule has 0 bridgehead atoms. The van der Waals surface area contributed by atoms with Gasteiger partial charge in [0, 0.05) is 36.3 Å². The van der Waals surface area contributed by atoms with Gasteiger partial charge in [0.2, 0.25) is 55.4 Å². The number of halogens is 3. The molecular formula is C76H95Cl3N12O16S4. The summed E-state index contributed by atoms with van der Waals surface area (Å²) >= 11 is 7.95. The van der Waals surface area contributed by atoms with Gasteiger partial charge in [0.25, 0.3) is 11.8 Å². The molecule has 8 fully saturated rings. The Morgan fingerprint density at radius 1 is 0.559 bits per heavy atom. The number of thiophene rings is 2. The summed E-state index contributed by atoms with van der Waals surface area (Å²) in [4.78, 5) is 131. The number of aromatic nitrogens is 4. The number of benzene rings is 2. The molecule has 0 spiro atoms. The van der Waals surface area contributed by atoms with E-state index in [9.17, 15) is 55.2 Å². The summed E-state index contributed by atoms with van der Waals surface area (Å²) in [7, 11) is -7.75. The molecule has 0 unspecified atom stereocenters. The number of carbonyl (C=O) groups is 8. The molecule has 0 radical (unpaired) electrons. The molecule has 2 aromatic carbocycles. The Hall–Kier alpha value is -8.11. The highest BCUT2D eigenvalue weighted by Gasteiger charge is 2.64. The number of hydrogen-bond donors (Lipinski definition) is 6. The fraction of sp³-hybridized carbons (Fsp3) is 0.526. The summed E-state index contributed by atoms with van der Waals surface area (Å²) < 4.78 is 78.3. The Labute approximate surface area is 670 Å². The van der Waals surface area contributed by atoms with Crippen LogP contribution in [0.25, 0.3) is 43.2 Å². The third kappa shape index (κ3) is 19.9. The van der Waals surface area contributed by atoms with E-state index in [2.05, 4.69) is 38.6 Å². The van der Waals surface area contributed by atoms with Gasteiger partial charge in [-0.1, -0.05) is 90.1 Å². The minimum atomic E-state index is -3.90. The van der Waals surface area contributed by atoms with Gasteiger partial charge in [0.15, 0.2) is 0 Å². The van der Waals surface area contributed by atoms with Crippen molar-refractivity contribution in [3.63, 3.8) is 0 Å². The Kier molecular flexibility index (Phi) is 26.7. The van der Waals surface area contributed by atoms with E-state index in [1.54, 1.807) is 20.8 Å². The summed E-state index contributed by atoms with van der Waals surface area (Å²) in [6.07, 6.45) is 10.8. The van der Waals surface area contributed by atoms with Gasteiger partial charge in [0.1, 0.15) is 65.0 Å². The van der Waals surface area contributed by atoms with E-state index < -0.39 is 148 Å². The maximum atomic E-state index is 14.6. The predicted octanol–water partition coefficient (Wildman–Crippen LogP) is 10.4. The number of nitrogens with two attached hydrogens (primary N) is 1. The molecule has 6 aliphatic carbocycles. The van der Waals surface area contributed by atoms with E-state index in [-0.39, 0.29) is 87.6 Å². The van der Waals surface area contributed by atoms with Crippen LogP contribution >= 0.6 is 59.1 Å². The van der Waals surface area contributed by atoms with Crippen molar-refractivity contribution in [1.29, 1.82) is 0 Å². The van der Waals surface area contributed by atoms with Crippen molar-refractivity contribution in [1.82, 2.24) is 55.1 Å². The van der Waals surface area contributed by atoms with Crippen molar-refractivity contribution in [3.8, 4) is 32.9 Å². The van der Waals surface area contributed by atoms with Crippen LogP contribution in [0.2, 0.25) is 0 Å². The zero-order valence-electron chi connectivity index (χ0n) is 62.4. The van der Waals surface area contributed by atoms with Gasteiger partial charge in [-0.05, 0) is 148 Å². The van der Waals surface area contributed by atoms with Crippen molar-refractivity contribution in [2.75, 3.05) is 13.1 Å². The van der Waals surface area contributed by atoms with Crippen LogP contribution in [0.3, 0.4) is 0 Å². The molecule has 8 aliphatic rings. The standard InChI is InChI=1S/C38H46N6O8S2.C32H38N6O6S2.C6H9ClO2.2ClH/c1-5-22-20-38(22,35(47)43-54(49,50)25-16-17-25)42-32(45)28-19-24(51-33-30(29-15-10-18-53-29)39-26-13-8-9-14-27(26)40-33)21-44(28)34(46)31(37(2,3)4)41-36(48)52-23-11-6-7-12-23;1-5-18-16-32(18,30(41)37-46(42,43)20-12-13-20)36-27(39)23-15-19(17-38(23)29(40)26(33)31(2,3)4)44-28-25(24-11-8-14-45-24)34-21-9-6-7-10-22(21)35-28;7-6(8)9-5-3-1-2-4-5;;/h5,8-10,13-15,18,22-25,28,31H,1,6-7,11-12,16-17,19-21H2,2-4H3,(H,41,48)(H,42,45)(H,43,47);5-11,14,18-20,23,26H,1,12-13,15-17,33H2,2-4H3,(H,36,39)(H,37,41);5H,1-4H2;2*1H/t22-,24-,28+,31-,38-;18-,19-,23+,26-,32-;;;/m11.../s1. The number of ether oxygens (including phenoxy) is 4. The first-order chi connectivity index (χ1) is 51.7. The zero-order valence-corrected chi connectivity index (χ0v) is 68.1. The van der Waals surface area contributed by atoms with Gasteiger partial charge < -0.3 is 50.4 Å². The van der Waals surface area contributed by atoms with Crippen LogP contribution in [0.5, 0.6) is 11.8 Å². The van der Waals surface area contributed by atoms with E-state index >= 15 is 0 Å². The molecule has 28 nitrogen and oxygen atoms in total. The number of carbonyl (C=O) groups excluding carboxylic acids is 8. The fourth-order valence-electron chi connectivity index (χ4n) is 14.2. The predicted molar refractivity (Wildman–Crippen MR) is 425 cm³/mol. The molecular weight excluding hydrogens is 1570 g/mol. The van der Waals surface area contributed by atoms with E-state index in [1.807, 2.05) is 104 Å². The maximum Gasteiger partial charge on any atom is 0.408 e. The minimum Gasteiger partial charge on any atom is -0.471 e. The molecule has 14 rings (SSSR count). The van der Waals surface area contributed by atoms with E-state index in [0.29, 0.717) is 59.1 Å². The number of hydrogen-bond acceptors (Lipinski definition) is 23. The molecule has 6 saturated carbocycles. The largest absolute Gasteiger partial charge is 0.471 e. The van der Waals surface area contributed by atoms with Crippen LogP contribution in [-0.4, -0.2) is 177 Å². The third-order valence-corrected chi connectivity index (χ3v) is 26.5. The molecule has 7 amide bonds. The van der Waals surface area contributed by atoms with Crippen molar-refractivity contribution in [3.05, 3.63) is 109 Å². The lowest BCUT2D eigenvalue weighted by Crippen LogP contribution is -2.60. The molecule has 7 N–H and O–H groups in total. The van der Waals surface area contributed by atoms with Gasteiger partial charge in [0.05, 0.1) is 61.5 Å². The second-order valence-corrected chi connectivity index (χ2v) is 37.5. The van der Waals surface area contributed by atoms with Gasteiger partial charge in [-0.15, -0.1) is 60.6 Å². The van der Waals surface area contributed by atoms with E-state index in [4.69, 9.17) is 56.2 Å². The lowest BCUT2D eigenvalue weighted by molar-refractivity contribution is -0.143. The topological polar surface area (TPSA) is 386 Å². The Morgan fingerprint density at radius 3 is 1.29 bits per heavy atom. The van der Waals surface area contributed by atoms with Crippen LogP contribution in [-0.2, 0) is 58.3 Å². The number of sulfonamides is 2. The highest BCUT2D eigenvalue weighted by Crippen LogP contribution is 2.48. The summed E-state index contributed by atoms with van der Waals surface area (Å²) in [5.74, 6) is -4.38. The smallest absolute Gasteiger partial charge is 0.408 e. The first-order valence-electron chi connectivity index (χ1n) is 36.9. The zero-order chi connectivity index (χ0) is 78.1. The number of amides is 7. The maximum absolute atomic E-state index is 14.6. The molecule has 6 aromatic rings. The Bertz CT molecular complexity index is 4700. The number of fused-ring (bicyclic) bond motifs is 2. The average molecular weight is 1670 g/mol. The SMILES string of the molecule is C=C[C@@H]1C[C@]1(NC(=O)[C@@H]1C[C@@H](Oc2nc3ccccc3nc2-c2cccs2)CN1C(=O)[C@@H](N)C(C)(C)C)C(=O)NS(=O)(=O)C1CC1.C=C[C@@H]1C[C@]1(NC(=O)[C@@H]1C[C@@H](Oc2nc3ccccc3nc2-c2cccs2)CN1C(=O)[C@@H](NC(=O)OC1CCCC1)C(C)(C)C)C(=O)NS(=O)(=O)C1CC1.Cl.Cl.O=C(Cl)OC1CCCC1. The molecule has 111 heavy (non-hydrogen) atoms. The van der Waals surface area contributed by atoms with E-state index in [0.717, 1.165) is 61.1 Å². The second kappa shape index (κ2) is 34.7. The van der Waals surface area contributed by atoms with Gasteiger partial charge >= 0.3 is 11.5 Å². The normalized spacial score (nSPS) is 24.1. The van der Waals surface area contributed by atoms with Crippen LogP contribution in [0, 0.1) is 22.7 Å². The summed E-state index contributed by atoms with van der Waals surface area (Å²) in [6, 6.07) is 18.2. The number of likely N-dealkylation sites (tertiary alicyclic amines) is 2. The van der Waals surface area contributed by atoms with Crippen molar-refractivity contribution < 1.29 is 74.1 Å². The molecule has 2 saturated heterocycles. The first-order valence-corrected chi connectivity index (χ1v) is 42.1. The highest BCUT2D eigenvalue weighted by molar-refractivity contribution is 7.91.